The SMILES string of the molecule is COc1ccc2nc(N(CCCN(C)C)C(=O)c3ccnn3C)sc2c1. The zero-order valence-corrected chi connectivity index (χ0v) is 16.3. The summed E-state index contributed by atoms with van der Waals surface area (Å²) in [5, 5.41) is 4.81. The van der Waals surface area contributed by atoms with Crippen LogP contribution in [-0.2, 0) is 7.05 Å². The molecule has 0 aliphatic carbocycles. The monoisotopic (exact) mass is 373 g/mol. The number of carbonyl (C=O) groups excluding carboxylic acids is 1. The van der Waals surface area contributed by atoms with Crippen LogP contribution in [0.15, 0.2) is 30.5 Å². The van der Waals surface area contributed by atoms with Crippen molar-refractivity contribution >= 4 is 32.6 Å². The Hall–Kier alpha value is -2.45. The van der Waals surface area contributed by atoms with E-state index in [1.165, 1.54) is 11.3 Å². The number of fused-ring (bicyclic) bond motifs is 1. The lowest BCUT2D eigenvalue weighted by Crippen LogP contribution is -2.34. The lowest BCUT2D eigenvalue weighted by atomic mass is 10.3. The van der Waals surface area contributed by atoms with Crippen molar-refractivity contribution in [3.8, 4) is 5.75 Å². The first-order chi connectivity index (χ1) is 12.5. The number of thiazole rings is 1. The summed E-state index contributed by atoms with van der Waals surface area (Å²) in [7, 11) is 7.46. The number of rotatable bonds is 7. The zero-order chi connectivity index (χ0) is 18.7. The molecule has 0 atom stereocenters. The number of methoxy groups -OCH3 is 1. The second-order valence-corrected chi connectivity index (χ2v) is 7.29. The van der Waals surface area contributed by atoms with Crippen molar-refractivity contribution in [1.29, 1.82) is 0 Å². The van der Waals surface area contributed by atoms with Crippen LogP contribution in [0, 0.1) is 0 Å². The molecule has 0 unspecified atom stereocenters. The van der Waals surface area contributed by atoms with Crippen molar-refractivity contribution in [2.24, 2.45) is 7.05 Å². The number of nitrogens with zero attached hydrogens (tertiary/aromatic N) is 5. The van der Waals surface area contributed by atoms with Gasteiger partial charge >= 0.3 is 0 Å². The van der Waals surface area contributed by atoms with Gasteiger partial charge in [-0.2, -0.15) is 5.10 Å². The number of benzene rings is 1. The second kappa shape index (κ2) is 7.84. The summed E-state index contributed by atoms with van der Waals surface area (Å²) in [5.41, 5.74) is 1.41. The smallest absolute Gasteiger partial charge is 0.278 e. The Bertz CT molecular complexity index is 902. The number of carbonyl (C=O) groups is 1. The predicted octanol–water partition coefficient (Wildman–Crippen LogP) is 2.64. The van der Waals surface area contributed by atoms with Crippen LogP contribution in [0.2, 0.25) is 0 Å². The molecule has 0 saturated heterocycles. The molecular formula is C18H23N5O2S. The lowest BCUT2D eigenvalue weighted by molar-refractivity contribution is 0.0977. The summed E-state index contributed by atoms with van der Waals surface area (Å²) in [5.74, 6) is 0.694. The van der Waals surface area contributed by atoms with Gasteiger partial charge in [0.1, 0.15) is 11.4 Å². The van der Waals surface area contributed by atoms with Crippen LogP contribution < -0.4 is 9.64 Å². The average molecular weight is 373 g/mol. The van der Waals surface area contributed by atoms with Gasteiger partial charge in [-0.25, -0.2) is 4.98 Å². The first-order valence-electron chi connectivity index (χ1n) is 8.39. The highest BCUT2D eigenvalue weighted by Gasteiger charge is 2.23. The van der Waals surface area contributed by atoms with Gasteiger partial charge in [-0.1, -0.05) is 11.3 Å². The minimum Gasteiger partial charge on any atom is -0.497 e. The molecule has 3 rings (SSSR count). The van der Waals surface area contributed by atoms with Gasteiger partial charge in [0.25, 0.3) is 5.91 Å². The van der Waals surface area contributed by atoms with Gasteiger partial charge in [0.2, 0.25) is 0 Å². The molecule has 3 aromatic rings. The number of hydrogen-bond acceptors (Lipinski definition) is 6. The normalized spacial score (nSPS) is 11.3. The molecule has 2 heterocycles. The largest absolute Gasteiger partial charge is 0.497 e. The van der Waals surface area contributed by atoms with Gasteiger partial charge in [-0.3, -0.25) is 14.4 Å². The van der Waals surface area contributed by atoms with E-state index < -0.39 is 0 Å². The molecule has 0 aliphatic rings. The highest BCUT2D eigenvalue weighted by molar-refractivity contribution is 7.22. The van der Waals surface area contributed by atoms with Gasteiger partial charge in [0.15, 0.2) is 5.13 Å². The first-order valence-corrected chi connectivity index (χ1v) is 9.20. The van der Waals surface area contributed by atoms with Crippen LogP contribution in [0.3, 0.4) is 0 Å². The third-order valence-corrected chi connectivity index (χ3v) is 5.13. The van der Waals surface area contributed by atoms with Crippen molar-refractivity contribution in [2.75, 3.05) is 39.2 Å². The quantitative estimate of drug-likeness (QED) is 0.637. The zero-order valence-electron chi connectivity index (χ0n) is 15.5. The van der Waals surface area contributed by atoms with Gasteiger partial charge < -0.3 is 9.64 Å². The maximum Gasteiger partial charge on any atom is 0.278 e. The van der Waals surface area contributed by atoms with Crippen LogP contribution in [0.25, 0.3) is 10.2 Å². The van der Waals surface area contributed by atoms with Gasteiger partial charge in [-0.15, -0.1) is 0 Å². The fourth-order valence-corrected chi connectivity index (χ4v) is 3.70. The number of aryl methyl sites for hydroxylation is 1. The third kappa shape index (κ3) is 3.86. The Balaban J connectivity index is 1.94. The van der Waals surface area contributed by atoms with E-state index in [9.17, 15) is 4.79 Å². The van der Waals surface area contributed by atoms with E-state index in [0.29, 0.717) is 17.4 Å². The van der Waals surface area contributed by atoms with E-state index in [1.807, 2.05) is 32.3 Å². The van der Waals surface area contributed by atoms with Crippen molar-refractivity contribution in [1.82, 2.24) is 19.7 Å². The minimum atomic E-state index is -0.0882. The Morgan fingerprint density at radius 2 is 2.08 bits per heavy atom. The molecule has 8 heteroatoms. The highest BCUT2D eigenvalue weighted by atomic mass is 32.1. The molecule has 0 radical (unpaired) electrons. The second-order valence-electron chi connectivity index (χ2n) is 6.28. The number of aromatic nitrogens is 3. The fraction of sp³-hybridized carbons (Fsp3) is 0.389. The molecule has 0 fully saturated rings. The molecule has 0 aliphatic heterocycles. The van der Waals surface area contributed by atoms with Crippen LogP contribution in [0.1, 0.15) is 16.9 Å². The maximum absolute atomic E-state index is 13.1. The third-order valence-electron chi connectivity index (χ3n) is 4.09. The molecule has 1 aromatic carbocycles. The van der Waals surface area contributed by atoms with E-state index in [-0.39, 0.29) is 5.91 Å². The van der Waals surface area contributed by atoms with E-state index in [2.05, 4.69) is 15.0 Å². The maximum atomic E-state index is 13.1. The van der Waals surface area contributed by atoms with Gasteiger partial charge in [-0.05, 0) is 51.3 Å². The summed E-state index contributed by atoms with van der Waals surface area (Å²) >= 11 is 1.50. The summed E-state index contributed by atoms with van der Waals surface area (Å²) in [6, 6.07) is 7.48. The van der Waals surface area contributed by atoms with E-state index in [4.69, 9.17) is 4.74 Å². The average Bonchev–Trinajstić information content (AvgIpc) is 3.22. The van der Waals surface area contributed by atoms with E-state index in [1.54, 1.807) is 36.0 Å². The number of anilines is 1. The standard InChI is InChI=1S/C18H23N5O2S/c1-21(2)10-5-11-23(17(24)15-8-9-19-22(15)3)18-20-14-7-6-13(25-4)12-16(14)26-18/h6-9,12H,5,10-11H2,1-4H3. The molecule has 1 amide bonds. The Morgan fingerprint density at radius 3 is 2.73 bits per heavy atom. The minimum absolute atomic E-state index is 0.0882. The van der Waals surface area contributed by atoms with Crippen molar-refractivity contribution in [3.63, 3.8) is 0 Å². The summed E-state index contributed by atoms with van der Waals surface area (Å²) in [6.07, 6.45) is 2.49. The Morgan fingerprint density at radius 1 is 1.27 bits per heavy atom. The predicted molar refractivity (Wildman–Crippen MR) is 104 cm³/mol. The molecule has 0 bridgehead atoms. The fourth-order valence-electron chi connectivity index (χ4n) is 2.69. The molecule has 2 aromatic heterocycles. The molecule has 7 nitrogen and oxygen atoms in total. The topological polar surface area (TPSA) is 63.5 Å². The number of amides is 1. The van der Waals surface area contributed by atoms with Crippen LogP contribution >= 0.6 is 11.3 Å². The first kappa shape index (κ1) is 18.3. The van der Waals surface area contributed by atoms with Crippen molar-refractivity contribution in [3.05, 3.63) is 36.2 Å². The van der Waals surface area contributed by atoms with E-state index >= 15 is 0 Å². The summed E-state index contributed by atoms with van der Waals surface area (Å²) < 4.78 is 7.88. The van der Waals surface area contributed by atoms with Gasteiger partial charge in [0, 0.05) is 19.8 Å². The molecule has 138 valence electrons. The summed E-state index contributed by atoms with van der Waals surface area (Å²) in [4.78, 5) is 21.6. The van der Waals surface area contributed by atoms with Gasteiger partial charge in [0.05, 0.1) is 17.3 Å². The molecular weight excluding hydrogens is 350 g/mol. The highest BCUT2D eigenvalue weighted by Crippen LogP contribution is 2.32. The van der Waals surface area contributed by atoms with Crippen LogP contribution in [-0.4, -0.2) is 59.9 Å². The van der Waals surface area contributed by atoms with Crippen molar-refractivity contribution < 1.29 is 9.53 Å². The Labute approximate surface area is 156 Å². The molecule has 0 spiro atoms. The van der Waals surface area contributed by atoms with E-state index in [0.717, 1.165) is 28.9 Å². The molecule has 26 heavy (non-hydrogen) atoms. The molecule has 0 saturated carbocycles. The lowest BCUT2D eigenvalue weighted by Gasteiger charge is -2.20. The Kier molecular flexibility index (Phi) is 5.53. The van der Waals surface area contributed by atoms with Crippen molar-refractivity contribution in [2.45, 2.75) is 6.42 Å². The molecule has 0 N–H and O–H groups in total. The van der Waals surface area contributed by atoms with Crippen LogP contribution in [0.5, 0.6) is 5.75 Å². The van der Waals surface area contributed by atoms with Crippen LogP contribution in [0.4, 0.5) is 5.13 Å². The number of ether oxygens (including phenoxy) is 1. The number of hydrogen-bond donors (Lipinski definition) is 0. The summed E-state index contributed by atoms with van der Waals surface area (Å²) in [6.45, 7) is 1.49.